The summed E-state index contributed by atoms with van der Waals surface area (Å²) in [6.45, 7) is 4.62. The number of benzene rings is 1. The summed E-state index contributed by atoms with van der Waals surface area (Å²) >= 11 is 0. The van der Waals surface area contributed by atoms with Crippen molar-refractivity contribution in [2.24, 2.45) is 0 Å². The highest BCUT2D eigenvalue weighted by molar-refractivity contribution is 6.06. The number of hydrogen-bond donors (Lipinski definition) is 2. The minimum atomic E-state index is -0.213. The number of aryl methyl sites for hydroxylation is 2. The zero-order valence-electron chi connectivity index (χ0n) is 15.5. The fourth-order valence-electron chi connectivity index (χ4n) is 2.86. The quantitative estimate of drug-likeness (QED) is 0.660. The van der Waals surface area contributed by atoms with Crippen LogP contribution >= 0.6 is 0 Å². The Morgan fingerprint density at radius 3 is 2.52 bits per heavy atom. The van der Waals surface area contributed by atoms with Crippen LogP contribution in [0.15, 0.2) is 48.8 Å². The van der Waals surface area contributed by atoms with E-state index in [1.807, 2.05) is 25.1 Å². The monoisotopic (exact) mass is 362 g/mol. The average Bonchev–Trinajstić information content (AvgIpc) is 2.70. The lowest BCUT2D eigenvalue weighted by atomic mass is 10.0. The molecule has 0 aliphatic carbocycles. The van der Waals surface area contributed by atoms with Crippen molar-refractivity contribution in [1.82, 2.24) is 20.6 Å². The van der Waals surface area contributed by atoms with Crippen molar-refractivity contribution >= 4 is 22.7 Å². The van der Waals surface area contributed by atoms with Gasteiger partial charge in [0.05, 0.1) is 16.6 Å². The molecule has 0 atom stereocenters. The van der Waals surface area contributed by atoms with Gasteiger partial charge in [-0.2, -0.15) is 0 Å². The van der Waals surface area contributed by atoms with Crippen molar-refractivity contribution in [2.45, 2.75) is 20.3 Å². The van der Waals surface area contributed by atoms with Gasteiger partial charge in [0.25, 0.3) is 11.8 Å². The summed E-state index contributed by atoms with van der Waals surface area (Å²) in [5, 5.41) is 6.48. The molecule has 1 aromatic carbocycles. The Hall–Kier alpha value is -3.28. The van der Waals surface area contributed by atoms with Gasteiger partial charge in [-0.15, -0.1) is 0 Å². The molecule has 6 heteroatoms. The zero-order valence-corrected chi connectivity index (χ0v) is 15.5. The molecule has 0 fully saturated rings. The van der Waals surface area contributed by atoms with E-state index in [1.54, 1.807) is 24.4 Å². The number of carbonyl (C=O) groups excluding carboxylic acids is 2. The highest BCUT2D eigenvalue weighted by atomic mass is 16.2. The molecule has 6 nitrogen and oxygen atoms in total. The Labute approximate surface area is 158 Å². The summed E-state index contributed by atoms with van der Waals surface area (Å²) in [4.78, 5) is 33.1. The van der Waals surface area contributed by atoms with Gasteiger partial charge in [0, 0.05) is 36.6 Å². The normalized spacial score (nSPS) is 10.6. The number of aromatic nitrogens is 2. The van der Waals surface area contributed by atoms with E-state index in [1.165, 1.54) is 6.20 Å². The molecule has 0 radical (unpaired) electrons. The number of nitrogens with zero attached hydrogens (tertiary/aromatic N) is 2. The number of amides is 2. The van der Waals surface area contributed by atoms with Gasteiger partial charge >= 0.3 is 0 Å². The minimum Gasteiger partial charge on any atom is -0.350 e. The van der Waals surface area contributed by atoms with Crippen LogP contribution in [-0.2, 0) is 6.42 Å². The third-order valence-electron chi connectivity index (χ3n) is 4.27. The Bertz CT molecular complexity index is 971. The zero-order chi connectivity index (χ0) is 19.2. The molecule has 0 saturated carbocycles. The summed E-state index contributed by atoms with van der Waals surface area (Å²) in [6.07, 6.45) is 4.01. The molecule has 138 valence electrons. The van der Waals surface area contributed by atoms with Crippen LogP contribution in [0.5, 0.6) is 0 Å². The molecule has 2 aromatic heterocycles. The van der Waals surface area contributed by atoms with Gasteiger partial charge in [0.2, 0.25) is 0 Å². The number of pyridine rings is 2. The number of hydrogen-bond acceptors (Lipinski definition) is 4. The molecule has 0 aliphatic rings. The van der Waals surface area contributed by atoms with Crippen LogP contribution in [0, 0.1) is 6.92 Å². The average molecular weight is 362 g/mol. The molecule has 2 N–H and O–H groups in total. The lowest BCUT2D eigenvalue weighted by molar-refractivity contribution is 0.0928. The van der Waals surface area contributed by atoms with Crippen molar-refractivity contribution in [3.8, 4) is 0 Å². The van der Waals surface area contributed by atoms with E-state index in [9.17, 15) is 9.59 Å². The number of rotatable bonds is 6. The number of carbonyl (C=O) groups is 2. The van der Waals surface area contributed by atoms with E-state index in [0.717, 1.165) is 28.6 Å². The fraction of sp³-hybridized carbons (Fsp3) is 0.238. The Morgan fingerprint density at radius 1 is 1.04 bits per heavy atom. The first-order valence-corrected chi connectivity index (χ1v) is 8.95. The second-order valence-electron chi connectivity index (χ2n) is 6.27. The third kappa shape index (κ3) is 4.47. The molecule has 0 spiro atoms. The Balaban J connectivity index is 1.65. The second-order valence-corrected chi connectivity index (χ2v) is 6.27. The van der Waals surface area contributed by atoms with Crippen molar-refractivity contribution < 1.29 is 9.59 Å². The maximum Gasteiger partial charge on any atom is 0.252 e. The van der Waals surface area contributed by atoms with Crippen molar-refractivity contribution in [1.29, 1.82) is 0 Å². The van der Waals surface area contributed by atoms with E-state index in [4.69, 9.17) is 0 Å². The van der Waals surface area contributed by atoms with Crippen LogP contribution in [0.3, 0.4) is 0 Å². The molecule has 0 saturated heterocycles. The second kappa shape index (κ2) is 8.40. The molecular weight excluding hydrogens is 340 g/mol. The van der Waals surface area contributed by atoms with Crippen molar-refractivity contribution in [2.75, 3.05) is 13.1 Å². The molecule has 2 amide bonds. The highest BCUT2D eigenvalue weighted by Gasteiger charge is 2.12. The van der Waals surface area contributed by atoms with E-state index >= 15 is 0 Å². The number of nitrogens with one attached hydrogen (secondary N) is 2. The van der Waals surface area contributed by atoms with Gasteiger partial charge < -0.3 is 10.6 Å². The van der Waals surface area contributed by atoms with E-state index in [-0.39, 0.29) is 11.8 Å². The maximum atomic E-state index is 12.7. The topological polar surface area (TPSA) is 84.0 Å². The minimum absolute atomic E-state index is 0.172. The van der Waals surface area contributed by atoms with E-state index < -0.39 is 0 Å². The molecule has 0 unspecified atom stereocenters. The van der Waals surface area contributed by atoms with Crippen molar-refractivity contribution in [3.63, 3.8) is 0 Å². The Morgan fingerprint density at radius 2 is 1.81 bits per heavy atom. The van der Waals surface area contributed by atoms with Crippen LogP contribution < -0.4 is 10.6 Å². The first-order chi connectivity index (χ1) is 13.1. The summed E-state index contributed by atoms with van der Waals surface area (Å²) in [5.41, 5.74) is 3.85. The lowest BCUT2D eigenvalue weighted by Crippen LogP contribution is -2.34. The fourth-order valence-corrected chi connectivity index (χ4v) is 2.86. The van der Waals surface area contributed by atoms with Crippen LogP contribution in [-0.4, -0.2) is 34.9 Å². The molecule has 0 aliphatic heterocycles. The molecule has 2 heterocycles. The maximum absolute atomic E-state index is 12.7. The standard InChI is InChI=1S/C21H22N4O2/c1-3-15-6-7-19-17(12-15)18(11-14(2)25-19)21(27)24-10-9-23-20(26)16-5-4-8-22-13-16/h4-8,11-13H,3,9-10H2,1-2H3,(H,23,26)(H,24,27). The predicted octanol–water partition coefficient (Wildman–Crippen LogP) is 2.66. The van der Waals surface area contributed by atoms with Crippen molar-refractivity contribution in [3.05, 3.63) is 71.2 Å². The first kappa shape index (κ1) is 18.5. The van der Waals surface area contributed by atoms with E-state index in [0.29, 0.717) is 24.2 Å². The van der Waals surface area contributed by atoms with Crippen LogP contribution in [0.2, 0.25) is 0 Å². The summed E-state index contributed by atoms with van der Waals surface area (Å²) < 4.78 is 0. The van der Waals surface area contributed by atoms with Crippen LogP contribution in [0.4, 0.5) is 0 Å². The van der Waals surface area contributed by atoms with Gasteiger partial charge in [0.15, 0.2) is 0 Å². The summed E-state index contributed by atoms with van der Waals surface area (Å²) in [7, 11) is 0. The smallest absolute Gasteiger partial charge is 0.252 e. The summed E-state index contributed by atoms with van der Waals surface area (Å²) in [6, 6.07) is 11.2. The molecule has 3 rings (SSSR count). The number of fused-ring (bicyclic) bond motifs is 1. The molecule has 27 heavy (non-hydrogen) atoms. The largest absolute Gasteiger partial charge is 0.350 e. The van der Waals surface area contributed by atoms with Gasteiger partial charge in [-0.05, 0) is 49.2 Å². The van der Waals surface area contributed by atoms with Crippen LogP contribution in [0.25, 0.3) is 10.9 Å². The Kier molecular flexibility index (Phi) is 5.76. The van der Waals surface area contributed by atoms with E-state index in [2.05, 4.69) is 27.5 Å². The van der Waals surface area contributed by atoms with Gasteiger partial charge in [0.1, 0.15) is 0 Å². The van der Waals surface area contributed by atoms with Gasteiger partial charge in [-0.3, -0.25) is 19.6 Å². The third-order valence-corrected chi connectivity index (χ3v) is 4.27. The van der Waals surface area contributed by atoms with Gasteiger partial charge in [-0.1, -0.05) is 13.0 Å². The lowest BCUT2D eigenvalue weighted by Gasteiger charge is -2.11. The molecular formula is C21H22N4O2. The highest BCUT2D eigenvalue weighted by Crippen LogP contribution is 2.20. The van der Waals surface area contributed by atoms with Crippen LogP contribution in [0.1, 0.15) is 38.9 Å². The SMILES string of the molecule is CCc1ccc2nc(C)cc(C(=O)NCCNC(=O)c3cccnc3)c2c1. The first-order valence-electron chi connectivity index (χ1n) is 8.95. The molecule has 3 aromatic rings. The summed E-state index contributed by atoms with van der Waals surface area (Å²) in [5.74, 6) is -0.385. The molecule has 0 bridgehead atoms. The predicted molar refractivity (Wildman–Crippen MR) is 105 cm³/mol. The van der Waals surface area contributed by atoms with Gasteiger partial charge in [-0.25, -0.2) is 0 Å².